The Bertz CT molecular complexity index is 1370. The number of aromatic nitrogens is 2. The molecule has 1 atom stereocenters. The summed E-state index contributed by atoms with van der Waals surface area (Å²) >= 11 is 0. The molecule has 0 bridgehead atoms. The number of piperidine rings is 1. The monoisotopic (exact) mass is 497 g/mol. The molecular weight excluding hydrogens is 467 g/mol. The Morgan fingerprint density at radius 1 is 1.14 bits per heavy atom. The fourth-order valence-corrected chi connectivity index (χ4v) is 6.17. The highest BCUT2D eigenvalue weighted by Gasteiger charge is 2.30. The van der Waals surface area contributed by atoms with Gasteiger partial charge in [-0.1, -0.05) is 0 Å². The molecule has 0 spiro atoms. The fourth-order valence-electron chi connectivity index (χ4n) is 4.70. The Hall–Kier alpha value is -3.04. The number of nitrogens with zero attached hydrogens (tertiary/aromatic N) is 4. The first-order chi connectivity index (χ1) is 16.5. The van der Waals surface area contributed by atoms with Crippen molar-refractivity contribution < 1.29 is 13.3 Å². The molecule has 35 heavy (non-hydrogen) atoms. The first-order valence-electron chi connectivity index (χ1n) is 11.7. The molecule has 3 heterocycles. The van der Waals surface area contributed by atoms with Crippen LogP contribution in [0.1, 0.15) is 48.2 Å². The summed E-state index contributed by atoms with van der Waals surface area (Å²) in [5.41, 5.74) is 4.01. The zero-order chi connectivity index (χ0) is 25.5. The van der Waals surface area contributed by atoms with Crippen LogP contribution in [0.2, 0.25) is 0 Å². The summed E-state index contributed by atoms with van der Waals surface area (Å²) in [5, 5.41) is 12.6. The van der Waals surface area contributed by atoms with Crippen molar-refractivity contribution in [1.82, 2.24) is 9.97 Å². The number of fused-ring (bicyclic) bond motifs is 1. The number of hydrogen-bond acceptors (Lipinski definition) is 6. The number of rotatable bonds is 5. The summed E-state index contributed by atoms with van der Waals surface area (Å²) in [6.45, 7) is 10.3. The third-order valence-corrected chi connectivity index (χ3v) is 9.25. The van der Waals surface area contributed by atoms with Gasteiger partial charge >= 0.3 is 0 Å². The number of pyridine rings is 2. The summed E-state index contributed by atoms with van der Waals surface area (Å²) < 4.78 is 42.2. The van der Waals surface area contributed by atoms with Gasteiger partial charge in [0, 0.05) is 36.1 Å². The van der Waals surface area contributed by atoms with E-state index in [0.29, 0.717) is 40.9 Å². The van der Waals surface area contributed by atoms with Crippen molar-refractivity contribution in [3.05, 3.63) is 58.3 Å². The molecule has 9 heteroatoms. The molecule has 3 aromatic rings. The largest absolute Gasteiger partial charge is 0.376 e. The van der Waals surface area contributed by atoms with Crippen LogP contribution >= 0.6 is 7.14 Å². The Kier molecular flexibility index (Phi) is 6.83. The van der Waals surface area contributed by atoms with E-state index in [9.17, 15) is 14.2 Å². The van der Waals surface area contributed by atoms with Crippen molar-refractivity contribution in [3.8, 4) is 6.07 Å². The number of nitrogens with one attached hydrogen (secondary N) is 1. The topological polar surface area (TPSA) is 81.9 Å². The summed E-state index contributed by atoms with van der Waals surface area (Å²) in [4.78, 5) is 11.1. The molecule has 0 amide bonds. The fraction of sp³-hybridized carbons (Fsp3) is 0.423. The van der Waals surface area contributed by atoms with Gasteiger partial charge in [0.15, 0.2) is 11.6 Å². The lowest BCUT2D eigenvalue weighted by Gasteiger charge is -2.34. The van der Waals surface area contributed by atoms with Crippen molar-refractivity contribution in [1.29, 1.82) is 5.26 Å². The molecule has 0 unspecified atom stereocenters. The first kappa shape index (κ1) is 25.1. The number of hydrogen-bond donors (Lipinski definition) is 1. The molecule has 0 radical (unpaired) electrons. The minimum absolute atomic E-state index is 0.144. The molecule has 1 saturated heterocycles. The van der Waals surface area contributed by atoms with Crippen molar-refractivity contribution in [2.75, 3.05) is 36.6 Å². The van der Waals surface area contributed by atoms with Crippen LogP contribution in [-0.4, -0.2) is 42.0 Å². The van der Waals surface area contributed by atoms with E-state index in [1.165, 1.54) is 24.3 Å². The van der Waals surface area contributed by atoms with Crippen LogP contribution < -0.4 is 10.2 Å². The maximum atomic E-state index is 15.2. The summed E-state index contributed by atoms with van der Waals surface area (Å²) in [5.74, 6) is -0.616. The number of halogens is 2. The highest BCUT2D eigenvalue weighted by molar-refractivity contribution is 7.63. The summed E-state index contributed by atoms with van der Waals surface area (Å²) in [6, 6.07) is 7.23. The van der Waals surface area contributed by atoms with Crippen LogP contribution in [0.5, 0.6) is 0 Å². The van der Waals surface area contributed by atoms with E-state index in [1.807, 2.05) is 45.1 Å². The minimum atomic E-state index is -2.20. The molecule has 2 aromatic heterocycles. The van der Waals surface area contributed by atoms with E-state index in [4.69, 9.17) is 4.98 Å². The molecular formula is C26H30F2N5OP. The highest BCUT2D eigenvalue weighted by Crippen LogP contribution is 2.47. The van der Waals surface area contributed by atoms with Crippen LogP contribution in [0.15, 0.2) is 24.3 Å². The smallest absolute Gasteiger partial charge is 0.167 e. The molecule has 6 nitrogen and oxygen atoms in total. The van der Waals surface area contributed by atoms with Crippen molar-refractivity contribution in [2.24, 2.45) is 0 Å². The van der Waals surface area contributed by atoms with Crippen molar-refractivity contribution >= 4 is 29.7 Å². The van der Waals surface area contributed by atoms with Gasteiger partial charge < -0.3 is 14.8 Å². The number of anilines is 2. The van der Waals surface area contributed by atoms with Gasteiger partial charge in [-0.2, -0.15) is 5.26 Å². The second-order valence-corrected chi connectivity index (χ2v) is 13.3. The quantitative estimate of drug-likeness (QED) is 0.425. The van der Waals surface area contributed by atoms with Gasteiger partial charge in [-0.25, -0.2) is 13.8 Å². The molecule has 4 rings (SSSR count). The van der Waals surface area contributed by atoms with Gasteiger partial charge in [-0.05, 0) is 70.7 Å². The Balaban J connectivity index is 1.73. The zero-order valence-electron chi connectivity index (χ0n) is 20.7. The lowest BCUT2D eigenvalue weighted by atomic mass is 10.0. The van der Waals surface area contributed by atoms with E-state index in [-0.39, 0.29) is 11.5 Å². The zero-order valence-corrected chi connectivity index (χ0v) is 21.6. The van der Waals surface area contributed by atoms with Gasteiger partial charge in [-0.3, -0.25) is 4.98 Å². The lowest BCUT2D eigenvalue weighted by Crippen LogP contribution is -2.36. The van der Waals surface area contributed by atoms with Crippen LogP contribution in [-0.2, 0) is 4.57 Å². The molecule has 1 aliphatic rings. The van der Waals surface area contributed by atoms with Crippen LogP contribution in [0.3, 0.4) is 0 Å². The van der Waals surface area contributed by atoms with Crippen LogP contribution in [0.4, 0.5) is 20.3 Å². The van der Waals surface area contributed by atoms with Gasteiger partial charge in [0.2, 0.25) is 0 Å². The Labute approximate surface area is 204 Å². The van der Waals surface area contributed by atoms with Crippen molar-refractivity contribution in [2.45, 2.75) is 45.3 Å². The molecule has 1 fully saturated rings. The standard InChI is InChI=1S/C26H30F2N5OP/c1-15-16(2)30-23-13-22(28)26(33-10-8-19(9-11-33)35(4,5)34)32-25(23)24(15)31-17(3)20-12-18(14-29)6-7-21(20)27/h6-7,12-13,17,19H,8-11H2,1-5H3,(H,30,31)/t17-/m1/s1. The molecule has 1 aliphatic heterocycles. The molecule has 0 saturated carbocycles. The Morgan fingerprint density at radius 2 is 1.83 bits per heavy atom. The van der Waals surface area contributed by atoms with Gasteiger partial charge in [0.05, 0.1) is 36.0 Å². The molecule has 0 aliphatic carbocycles. The number of benzene rings is 1. The summed E-state index contributed by atoms with van der Waals surface area (Å²) in [6.07, 6.45) is 1.45. The number of aryl methyl sites for hydroxylation is 1. The third kappa shape index (κ3) is 5.01. The minimum Gasteiger partial charge on any atom is -0.376 e. The SMILES string of the molecule is Cc1nc2cc(F)c(N3CCC(P(C)(C)=O)CC3)nc2c(N[C@H](C)c2cc(C#N)ccc2F)c1C. The predicted molar refractivity (Wildman–Crippen MR) is 137 cm³/mol. The number of nitriles is 1. The lowest BCUT2D eigenvalue weighted by molar-refractivity contribution is 0.523. The van der Waals surface area contributed by atoms with E-state index >= 15 is 4.39 Å². The Morgan fingerprint density at radius 3 is 2.46 bits per heavy atom. The predicted octanol–water partition coefficient (Wildman–Crippen LogP) is 6.16. The van der Waals surface area contributed by atoms with E-state index in [2.05, 4.69) is 10.3 Å². The van der Waals surface area contributed by atoms with E-state index in [0.717, 1.165) is 24.1 Å². The normalized spacial score (nSPS) is 15.8. The van der Waals surface area contributed by atoms with Gasteiger partial charge in [0.25, 0.3) is 0 Å². The van der Waals surface area contributed by atoms with Gasteiger partial charge in [0.1, 0.15) is 11.3 Å². The molecule has 184 valence electrons. The third-order valence-electron chi connectivity index (χ3n) is 6.98. The van der Waals surface area contributed by atoms with E-state index < -0.39 is 24.8 Å². The van der Waals surface area contributed by atoms with Crippen LogP contribution in [0, 0.1) is 36.8 Å². The van der Waals surface area contributed by atoms with Crippen LogP contribution in [0.25, 0.3) is 11.0 Å². The first-order valence-corrected chi connectivity index (χ1v) is 14.4. The highest BCUT2D eigenvalue weighted by atomic mass is 31.2. The maximum Gasteiger partial charge on any atom is 0.167 e. The summed E-state index contributed by atoms with van der Waals surface area (Å²) in [7, 11) is -2.20. The average Bonchev–Trinajstić information content (AvgIpc) is 2.81. The van der Waals surface area contributed by atoms with Gasteiger partial charge in [-0.15, -0.1) is 0 Å². The maximum absolute atomic E-state index is 15.2. The van der Waals surface area contributed by atoms with E-state index in [1.54, 1.807) is 0 Å². The average molecular weight is 498 g/mol. The second kappa shape index (κ2) is 9.54. The molecule has 1 aromatic carbocycles. The molecule has 1 N–H and O–H groups in total. The second-order valence-electron chi connectivity index (χ2n) is 9.73. The van der Waals surface area contributed by atoms with Crippen molar-refractivity contribution in [3.63, 3.8) is 0 Å².